The minimum atomic E-state index is -1.77. The van der Waals surface area contributed by atoms with E-state index in [4.69, 9.17) is 4.44 Å². The molecule has 2 N–H and O–H groups in total. The Morgan fingerprint density at radius 2 is 1.25 bits per heavy atom. The van der Waals surface area contributed by atoms with Crippen molar-refractivity contribution >= 4 is 15.3 Å². The summed E-state index contributed by atoms with van der Waals surface area (Å²) >= 11 is -1.77. The molecule has 0 unspecified atom stereocenters. The van der Waals surface area contributed by atoms with E-state index in [-0.39, 0.29) is 0 Å². The zero-order valence-corrected chi connectivity index (χ0v) is 8.70. The fourth-order valence-electron chi connectivity index (χ4n) is 0.866. The summed E-state index contributed by atoms with van der Waals surface area (Å²) in [6, 6.07) is 0. The first-order chi connectivity index (χ1) is 3.68. The predicted molar refractivity (Wildman–Crippen MR) is 41.4 cm³/mol. The molecule has 0 aromatic rings. The zero-order valence-electron chi connectivity index (χ0n) is 6.28. The van der Waals surface area contributed by atoms with Gasteiger partial charge in [-0.1, -0.05) is 0 Å². The van der Waals surface area contributed by atoms with Gasteiger partial charge in [0.15, 0.2) is 0 Å². The van der Waals surface area contributed by atoms with Gasteiger partial charge in [0, 0.05) is 0 Å². The van der Waals surface area contributed by atoms with E-state index in [0.29, 0.717) is 0 Å². The van der Waals surface area contributed by atoms with Gasteiger partial charge in [-0.15, -0.1) is 0 Å². The van der Waals surface area contributed by atoms with Gasteiger partial charge in [0.1, 0.15) is 0 Å². The van der Waals surface area contributed by atoms with Crippen LogP contribution >= 0.6 is 0 Å². The molecule has 0 aromatic heterocycles. The molecule has 8 heavy (non-hydrogen) atoms. The van der Waals surface area contributed by atoms with Gasteiger partial charge in [0.25, 0.3) is 0 Å². The van der Waals surface area contributed by atoms with Crippen molar-refractivity contribution in [2.24, 2.45) is 4.44 Å². The Balaban J connectivity index is 3.58. The minimum absolute atomic E-state index is 1.30. The van der Waals surface area contributed by atoms with Gasteiger partial charge < -0.3 is 0 Å². The third-order valence-electron chi connectivity index (χ3n) is 2.44. The molecule has 0 aromatic carbocycles. The molecule has 0 aliphatic rings. The first kappa shape index (κ1) is 8.60. The predicted octanol–water partition coefficient (Wildman–Crippen LogP) is 1.95. The molecule has 0 rings (SSSR count). The van der Waals surface area contributed by atoms with Crippen molar-refractivity contribution in [1.82, 2.24) is 0 Å². The topological polar surface area (TPSA) is 26.0 Å². The van der Waals surface area contributed by atoms with E-state index in [2.05, 4.69) is 20.8 Å². The van der Waals surface area contributed by atoms with Gasteiger partial charge in [0.2, 0.25) is 0 Å². The normalized spacial score (nSPS) is 12.0. The first-order valence-corrected chi connectivity index (χ1v) is 10.2. The van der Waals surface area contributed by atoms with Gasteiger partial charge in [-0.05, 0) is 0 Å². The van der Waals surface area contributed by atoms with E-state index in [1.807, 2.05) is 0 Å². The quantitative estimate of drug-likeness (QED) is 0.648. The van der Waals surface area contributed by atoms with Crippen molar-refractivity contribution in [3.8, 4) is 0 Å². The van der Waals surface area contributed by atoms with E-state index < -0.39 is 15.3 Å². The molecular formula is C6H17GaN-. The molecule has 0 saturated carbocycles. The molecule has 0 spiro atoms. The summed E-state index contributed by atoms with van der Waals surface area (Å²) in [5.41, 5.74) is 0. The number of hydrogen-bond donors (Lipinski definition) is 1. The molecule has 0 atom stereocenters. The standard InChI is InChI=1S/3C2H5.Ga.H2N/c3*1-2;;/h3*1H2,2H3;;1H2/q;;;;-1. The van der Waals surface area contributed by atoms with E-state index in [1.165, 1.54) is 14.9 Å². The molecule has 0 radical (unpaired) electrons. The number of rotatable bonds is 3. The van der Waals surface area contributed by atoms with E-state index in [9.17, 15) is 0 Å². The molecule has 0 aliphatic carbocycles. The van der Waals surface area contributed by atoms with Gasteiger partial charge in [-0.2, -0.15) is 0 Å². The maximum absolute atomic E-state index is 6.10. The van der Waals surface area contributed by atoms with Crippen molar-refractivity contribution in [1.29, 1.82) is 0 Å². The summed E-state index contributed by atoms with van der Waals surface area (Å²) in [4.78, 5) is 3.90. The first-order valence-electron chi connectivity index (χ1n) is 3.68. The second-order valence-electron chi connectivity index (χ2n) is 2.80. The van der Waals surface area contributed by atoms with Crippen molar-refractivity contribution < 1.29 is 0 Å². The average Bonchev–Trinajstić information content (AvgIpc) is 1.87. The Kier molecular flexibility index (Phi) is 3.86. The molecular weight excluding hydrogens is 156 g/mol. The third kappa shape index (κ3) is 2.24. The van der Waals surface area contributed by atoms with Crippen LogP contribution in [0.4, 0.5) is 0 Å². The van der Waals surface area contributed by atoms with Crippen LogP contribution in [0.1, 0.15) is 20.8 Å². The molecule has 0 heterocycles. The fourth-order valence-corrected chi connectivity index (χ4v) is 4.50. The Labute approximate surface area is 55.8 Å². The fraction of sp³-hybridized carbons (Fsp3) is 1.00. The molecule has 1 nitrogen and oxygen atoms in total. The van der Waals surface area contributed by atoms with Crippen LogP contribution in [-0.2, 0) is 0 Å². The van der Waals surface area contributed by atoms with Crippen molar-refractivity contribution in [3.63, 3.8) is 0 Å². The summed E-state index contributed by atoms with van der Waals surface area (Å²) in [6.07, 6.45) is 0. The summed E-state index contributed by atoms with van der Waals surface area (Å²) in [5, 5.41) is 0. The number of hydrogen-bond acceptors (Lipinski definition) is 1. The van der Waals surface area contributed by atoms with Crippen LogP contribution in [0.25, 0.3) is 0 Å². The molecule has 2 heteroatoms. The van der Waals surface area contributed by atoms with Gasteiger partial charge in [-0.3, -0.25) is 0 Å². The van der Waals surface area contributed by atoms with E-state index >= 15 is 0 Å². The van der Waals surface area contributed by atoms with Gasteiger partial charge >= 0.3 is 55.4 Å². The van der Waals surface area contributed by atoms with E-state index in [0.717, 1.165) is 0 Å². The summed E-state index contributed by atoms with van der Waals surface area (Å²) in [5.74, 6) is 0. The molecule has 0 aliphatic heterocycles. The Hall–Kier alpha value is 0.596. The Morgan fingerprint density at radius 1 is 1.00 bits per heavy atom. The van der Waals surface area contributed by atoms with Crippen LogP contribution in [0.2, 0.25) is 14.9 Å². The van der Waals surface area contributed by atoms with Gasteiger partial charge in [0.05, 0.1) is 0 Å². The van der Waals surface area contributed by atoms with Gasteiger partial charge in [-0.25, -0.2) is 0 Å². The average molecular weight is 173 g/mol. The SMILES string of the molecule is C[CH2][Ga-]([NH2])([CH2]C)[CH2]C. The second-order valence-corrected chi connectivity index (χ2v) is 14.5. The second kappa shape index (κ2) is 3.59. The maximum atomic E-state index is 6.10. The van der Waals surface area contributed by atoms with Crippen molar-refractivity contribution in [3.05, 3.63) is 0 Å². The number of nitrogens with two attached hydrogens (primary N) is 1. The third-order valence-corrected chi connectivity index (χ3v) is 12.7. The van der Waals surface area contributed by atoms with E-state index in [1.54, 1.807) is 0 Å². The monoisotopic (exact) mass is 172 g/mol. The van der Waals surface area contributed by atoms with Crippen molar-refractivity contribution in [2.45, 2.75) is 35.7 Å². The summed E-state index contributed by atoms with van der Waals surface area (Å²) in [6.45, 7) is 6.71. The van der Waals surface area contributed by atoms with Crippen molar-refractivity contribution in [2.75, 3.05) is 0 Å². The van der Waals surface area contributed by atoms with Crippen LogP contribution in [0, 0.1) is 0 Å². The van der Waals surface area contributed by atoms with Crippen LogP contribution in [0.3, 0.4) is 0 Å². The Morgan fingerprint density at radius 3 is 1.25 bits per heavy atom. The molecule has 0 saturated heterocycles. The summed E-state index contributed by atoms with van der Waals surface area (Å²) in [7, 11) is 0. The summed E-state index contributed by atoms with van der Waals surface area (Å²) < 4.78 is 6.10. The molecule has 0 amide bonds. The van der Waals surface area contributed by atoms with Crippen LogP contribution in [0.5, 0.6) is 0 Å². The van der Waals surface area contributed by atoms with Crippen LogP contribution in [0.15, 0.2) is 0 Å². The molecule has 0 bridgehead atoms. The zero-order chi connectivity index (χ0) is 6.62. The van der Waals surface area contributed by atoms with Crippen LogP contribution < -0.4 is 4.44 Å². The molecule has 0 fully saturated rings. The molecule has 50 valence electrons. The Bertz CT molecular complexity index is 51.3. The van der Waals surface area contributed by atoms with Crippen LogP contribution in [-0.4, -0.2) is 15.3 Å².